The van der Waals surface area contributed by atoms with Crippen molar-refractivity contribution in [3.63, 3.8) is 0 Å². The second-order valence-electron chi connectivity index (χ2n) is 3.55. The van der Waals surface area contributed by atoms with E-state index in [2.05, 4.69) is 5.32 Å². The number of nitrogens with zero attached hydrogens (tertiary/aromatic N) is 1. The molecule has 0 saturated carbocycles. The number of rotatable bonds is 7. The Balaban J connectivity index is 2.44. The monoisotopic (exact) mass is 244 g/mol. The van der Waals surface area contributed by atoms with Gasteiger partial charge in [0, 0.05) is 30.6 Å². The SMILES string of the molecule is CCC(CCO)NCc1csc([N+](=O)[O-])c1. The summed E-state index contributed by atoms with van der Waals surface area (Å²) in [4.78, 5) is 10.1. The van der Waals surface area contributed by atoms with Crippen molar-refractivity contribution in [3.8, 4) is 0 Å². The molecule has 1 aromatic heterocycles. The lowest BCUT2D eigenvalue weighted by Gasteiger charge is -2.14. The van der Waals surface area contributed by atoms with Crippen LogP contribution in [0.3, 0.4) is 0 Å². The highest BCUT2D eigenvalue weighted by molar-refractivity contribution is 7.13. The third-order valence-corrected chi connectivity index (χ3v) is 3.31. The minimum absolute atomic E-state index is 0.162. The van der Waals surface area contributed by atoms with Crippen LogP contribution in [0.4, 0.5) is 5.00 Å². The minimum Gasteiger partial charge on any atom is -0.396 e. The van der Waals surface area contributed by atoms with Crippen molar-refractivity contribution in [3.05, 3.63) is 27.1 Å². The van der Waals surface area contributed by atoms with Crippen molar-refractivity contribution in [1.82, 2.24) is 5.32 Å². The van der Waals surface area contributed by atoms with Crippen LogP contribution in [0.5, 0.6) is 0 Å². The standard InChI is InChI=1S/C10H16N2O3S/c1-2-9(3-4-13)11-6-8-5-10(12(14)15)16-7-8/h5,7,9,11,13H,2-4,6H2,1H3. The van der Waals surface area contributed by atoms with Crippen LogP contribution in [0, 0.1) is 10.1 Å². The molecule has 0 amide bonds. The lowest BCUT2D eigenvalue weighted by atomic mass is 10.1. The van der Waals surface area contributed by atoms with Gasteiger partial charge in [-0.1, -0.05) is 18.3 Å². The number of aliphatic hydroxyl groups excluding tert-OH is 1. The van der Waals surface area contributed by atoms with E-state index in [1.54, 1.807) is 11.4 Å². The summed E-state index contributed by atoms with van der Waals surface area (Å²) in [7, 11) is 0. The van der Waals surface area contributed by atoms with Crippen LogP contribution < -0.4 is 5.32 Å². The maximum absolute atomic E-state index is 10.5. The van der Waals surface area contributed by atoms with E-state index in [9.17, 15) is 10.1 Å². The van der Waals surface area contributed by atoms with E-state index in [0.29, 0.717) is 13.0 Å². The first-order valence-electron chi connectivity index (χ1n) is 5.23. The molecule has 16 heavy (non-hydrogen) atoms. The molecule has 0 aromatic carbocycles. The first-order chi connectivity index (χ1) is 7.67. The Hall–Kier alpha value is -0.980. The largest absolute Gasteiger partial charge is 0.396 e. The van der Waals surface area contributed by atoms with E-state index in [-0.39, 0.29) is 22.6 Å². The van der Waals surface area contributed by atoms with Crippen LogP contribution >= 0.6 is 11.3 Å². The third-order valence-electron chi connectivity index (χ3n) is 2.39. The van der Waals surface area contributed by atoms with E-state index < -0.39 is 0 Å². The minimum atomic E-state index is -0.376. The number of hydrogen-bond acceptors (Lipinski definition) is 5. The van der Waals surface area contributed by atoms with Gasteiger partial charge in [-0.15, -0.1) is 0 Å². The second-order valence-corrected chi connectivity index (χ2v) is 4.44. The van der Waals surface area contributed by atoms with E-state index >= 15 is 0 Å². The number of thiophene rings is 1. The molecule has 0 bridgehead atoms. The Morgan fingerprint density at radius 2 is 2.44 bits per heavy atom. The van der Waals surface area contributed by atoms with Gasteiger partial charge in [-0.05, 0) is 18.4 Å². The van der Waals surface area contributed by atoms with Gasteiger partial charge < -0.3 is 10.4 Å². The summed E-state index contributed by atoms with van der Waals surface area (Å²) in [6, 6.07) is 1.85. The van der Waals surface area contributed by atoms with Gasteiger partial charge in [0.15, 0.2) is 0 Å². The second kappa shape index (κ2) is 6.57. The molecule has 1 unspecified atom stereocenters. The fourth-order valence-electron chi connectivity index (χ4n) is 1.42. The molecule has 0 aliphatic rings. The van der Waals surface area contributed by atoms with Gasteiger partial charge in [0.1, 0.15) is 0 Å². The highest BCUT2D eigenvalue weighted by Crippen LogP contribution is 2.22. The van der Waals surface area contributed by atoms with Crippen LogP contribution in [0.15, 0.2) is 11.4 Å². The number of aliphatic hydroxyl groups is 1. The Morgan fingerprint density at radius 3 is 2.94 bits per heavy atom. The van der Waals surface area contributed by atoms with Crippen molar-refractivity contribution < 1.29 is 10.0 Å². The maximum Gasteiger partial charge on any atom is 0.324 e. The molecular formula is C10H16N2O3S. The molecule has 1 heterocycles. The van der Waals surface area contributed by atoms with Gasteiger partial charge in [-0.3, -0.25) is 10.1 Å². The predicted octanol–water partition coefficient (Wildman–Crippen LogP) is 1.91. The first kappa shape index (κ1) is 13.1. The summed E-state index contributed by atoms with van der Waals surface area (Å²) in [6.07, 6.45) is 1.65. The van der Waals surface area contributed by atoms with E-state index in [1.165, 1.54) is 0 Å². The van der Waals surface area contributed by atoms with Crippen molar-refractivity contribution in [1.29, 1.82) is 0 Å². The molecule has 0 saturated heterocycles. The molecule has 0 radical (unpaired) electrons. The average molecular weight is 244 g/mol. The summed E-state index contributed by atoms with van der Waals surface area (Å²) >= 11 is 1.14. The Morgan fingerprint density at radius 1 is 1.69 bits per heavy atom. The fourth-order valence-corrected chi connectivity index (χ4v) is 2.15. The summed E-state index contributed by atoms with van der Waals surface area (Å²) < 4.78 is 0. The zero-order chi connectivity index (χ0) is 12.0. The highest BCUT2D eigenvalue weighted by Gasteiger charge is 2.10. The average Bonchev–Trinajstić information content (AvgIpc) is 2.73. The molecular weight excluding hydrogens is 228 g/mol. The molecule has 1 aromatic rings. The van der Waals surface area contributed by atoms with Gasteiger partial charge in [0.2, 0.25) is 0 Å². The molecule has 0 aliphatic carbocycles. The lowest BCUT2D eigenvalue weighted by molar-refractivity contribution is -0.380. The van der Waals surface area contributed by atoms with Gasteiger partial charge in [0.05, 0.1) is 4.92 Å². The number of nitro groups is 1. The molecule has 2 N–H and O–H groups in total. The zero-order valence-corrected chi connectivity index (χ0v) is 10.00. The van der Waals surface area contributed by atoms with Crippen molar-refractivity contribution >= 4 is 16.3 Å². The van der Waals surface area contributed by atoms with Crippen LogP contribution in [-0.2, 0) is 6.54 Å². The summed E-state index contributed by atoms with van der Waals surface area (Å²) in [6.45, 7) is 2.82. The molecule has 90 valence electrons. The van der Waals surface area contributed by atoms with Crippen molar-refractivity contribution in [2.45, 2.75) is 32.4 Å². The van der Waals surface area contributed by atoms with E-state index in [4.69, 9.17) is 5.11 Å². The van der Waals surface area contributed by atoms with Crippen molar-refractivity contribution in [2.75, 3.05) is 6.61 Å². The van der Waals surface area contributed by atoms with Crippen LogP contribution in [-0.4, -0.2) is 22.7 Å². The fraction of sp³-hybridized carbons (Fsp3) is 0.600. The molecule has 0 fully saturated rings. The molecule has 0 spiro atoms. The summed E-state index contributed by atoms with van der Waals surface area (Å²) in [5.41, 5.74) is 0.924. The molecule has 1 atom stereocenters. The zero-order valence-electron chi connectivity index (χ0n) is 9.18. The van der Waals surface area contributed by atoms with Crippen LogP contribution in [0.2, 0.25) is 0 Å². The Kier molecular flexibility index (Phi) is 5.37. The normalized spacial score (nSPS) is 12.6. The highest BCUT2D eigenvalue weighted by atomic mass is 32.1. The van der Waals surface area contributed by atoms with Gasteiger partial charge in [0.25, 0.3) is 0 Å². The van der Waals surface area contributed by atoms with Crippen LogP contribution in [0.1, 0.15) is 25.3 Å². The Labute approximate surface area is 98.3 Å². The van der Waals surface area contributed by atoms with Gasteiger partial charge in [-0.2, -0.15) is 0 Å². The number of nitrogens with one attached hydrogen (secondary N) is 1. The van der Waals surface area contributed by atoms with E-state index in [0.717, 1.165) is 23.3 Å². The molecule has 0 aliphatic heterocycles. The van der Waals surface area contributed by atoms with Crippen molar-refractivity contribution in [2.24, 2.45) is 0 Å². The molecule has 1 rings (SSSR count). The number of hydrogen-bond donors (Lipinski definition) is 2. The maximum atomic E-state index is 10.5. The predicted molar refractivity (Wildman–Crippen MR) is 63.6 cm³/mol. The van der Waals surface area contributed by atoms with Gasteiger partial charge in [-0.25, -0.2) is 0 Å². The van der Waals surface area contributed by atoms with Gasteiger partial charge >= 0.3 is 5.00 Å². The molecule has 6 heteroatoms. The molecule has 5 nitrogen and oxygen atoms in total. The first-order valence-corrected chi connectivity index (χ1v) is 6.11. The third kappa shape index (κ3) is 3.88. The van der Waals surface area contributed by atoms with E-state index in [1.807, 2.05) is 6.92 Å². The summed E-state index contributed by atoms with van der Waals surface area (Å²) in [5.74, 6) is 0. The Bertz CT molecular complexity index is 341. The lowest BCUT2D eigenvalue weighted by Crippen LogP contribution is -2.28. The topological polar surface area (TPSA) is 75.4 Å². The smallest absolute Gasteiger partial charge is 0.324 e. The summed E-state index contributed by atoms with van der Waals surface area (Å²) in [5, 5.41) is 24.5. The van der Waals surface area contributed by atoms with Crippen LogP contribution in [0.25, 0.3) is 0 Å². The quantitative estimate of drug-likeness (QED) is 0.567.